The van der Waals surface area contributed by atoms with Crippen LogP contribution in [-0.4, -0.2) is 35.4 Å². The van der Waals surface area contributed by atoms with Gasteiger partial charge < -0.3 is 15.0 Å². The van der Waals surface area contributed by atoms with Crippen LogP contribution < -0.4 is 10.1 Å². The van der Waals surface area contributed by atoms with Crippen molar-refractivity contribution in [1.82, 2.24) is 10.2 Å². The molecule has 3 aromatic carbocycles. The topological polar surface area (TPSA) is 58.6 Å². The Hall–Kier alpha value is -3.60. The number of nitrogens with zero attached hydrogens (tertiary/aromatic N) is 1. The monoisotopic (exact) mass is 514 g/mol. The van der Waals surface area contributed by atoms with Crippen molar-refractivity contribution in [3.8, 4) is 5.75 Å². The van der Waals surface area contributed by atoms with Crippen molar-refractivity contribution < 1.29 is 14.3 Å². The third-order valence-corrected chi connectivity index (χ3v) is 6.79. The molecule has 0 aliphatic carbocycles. The molecule has 3 rings (SSSR count). The molecule has 0 unspecified atom stereocenters. The molecule has 0 aromatic heterocycles. The summed E-state index contributed by atoms with van der Waals surface area (Å²) in [6, 6.07) is 25.1. The Kier molecular flexibility index (Phi) is 10.1. The Bertz CT molecular complexity index is 1180. The number of amides is 2. The SMILES string of the molecule is CC[C@H](C)NC(=O)[C@H](Cc1ccccc1)N(Cc1cccc(C)c1)C(=O)COc1ccc(C(C)(C)C)cc1. The van der Waals surface area contributed by atoms with E-state index < -0.39 is 6.04 Å². The van der Waals surface area contributed by atoms with E-state index in [4.69, 9.17) is 4.74 Å². The van der Waals surface area contributed by atoms with Gasteiger partial charge in [-0.1, -0.05) is 100.0 Å². The second-order valence-corrected chi connectivity index (χ2v) is 11.1. The average Bonchev–Trinajstić information content (AvgIpc) is 2.89. The Morgan fingerprint density at radius 2 is 1.58 bits per heavy atom. The molecule has 1 N–H and O–H groups in total. The van der Waals surface area contributed by atoms with Crippen LogP contribution in [0, 0.1) is 6.92 Å². The maximum absolute atomic E-state index is 13.7. The Labute approximate surface area is 228 Å². The van der Waals surface area contributed by atoms with Crippen molar-refractivity contribution in [2.24, 2.45) is 0 Å². The average molecular weight is 515 g/mol. The maximum Gasteiger partial charge on any atom is 0.261 e. The smallest absolute Gasteiger partial charge is 0.261 e. The first-order chi connectivity index (χ1) is 18.1. The summed E-state index contributed by atoms with van der Waals surface area (Å²) in [7, 11) is 0. The van der Waals surface area contributed by atoms with Crippen molar-refractivity contribution in [3.05, 3.63) is 101 Å². The standard InChI is InChI=1S/C33H42N2O3/c1-7-25(3)34-32(37)30(21-26-13-9-8-10-14-26)35(22-27-15-11-12-24(2)20-27)31(36)23-38-29-18-16-28(17-19-29)33(4,5)6/h8-20,25,30H,7,21-23H2,1-6H3,(H,34,37)/t25-,30-/m0/s1. The lowest BCUT2D eigenvalue weighted by molar-refractivity contribution is -0.143. The highest BCUT2D eigenvalue weighted by atomic mass is 16.5. The van der Waals surface area contributed by atoms with Gasteiger partial charge in [0.25, 0.3) is 5.91 Å². The highest BCUT2D eigenvalue weighted by Gasteiger charge is 2.31. The molecule has 5 heteroatoms. The van der Waals surface area contributed by atoms with Crippen LogP contribution in [0.4, 0.5) is 0 Å². The lowest BCUT2D eigenvalue weighted by Gasteiger charge is -2.32. The molecule has 38 heavy (non-hydrogen) atoms. The largest absolute Gasteiger partial charge is 0.484 e. The predicted octanol–water partition coefficient (Wildman–Crippen LogP) is 6.23. The van der Waals surface area contributed by atoms with E-state index in [0.717, 1.165) is 23.1 Å². The summed E-state index contributed by atoms with van der Waals surface area (Å²) < 4.78 is 5.94. The number of hydrogen-bond donors (Lipinski definition) is 1. The summed E-state index contributed by atoms with van der Waals surface area (Å²) in [5.41, 5.74) is 4.31. The minimum atomic E-state index is -0.675. The first-order valence-corrected chi connectivity index (χ1v) is 13.5. The molecular weight excluding hydrogens is 472 g/mol. The van der Waals surface area contributed by atoms with Crippen LogP contribution in [0.25, 0.3) is 0 Å². The first-order valence-electron chi connectivity index (χ1n) is 13.5. The van der Waals surface area contributed by atoms with Gasteiger partial charge in [0.15, 0.2) is 6.61 Å². The molecule has 0 bridgehead atoms. The number of nitrogens with one attached hydrogen (secondary N) is 1. The van der Waals surface area contributed by atoms with Gasteiger partial charge in [-0.25, -0.2) is 0 Å². The predicted molar refractivity (Wildman–Crippen MR) is 154 cm³/mol. The second-order valence-electron chi connectivity index (χ2n) is 11.1. The zero-order valence-corrected chi connectivity index (χ0v) is 23.7. The summed E-state index contributed by atoms with van der Waals surface area (Å²) in [6.07, 6.45) is 1.23. The van der Waals surface area contributed by atoms with Crippen molar-refractivity contribution in [2.45, 2.75) is 78.4 Å². The number of rotatable bonds is 11. The van der Waals surface area contributed by atoms with Gasteiger partial charge in [0.2, 0.25) is 5.91 Å². The van der Waals surface area contributed by atoms with E-state index in [-0.39, 0.29) is 29.9 Å². The van der Waals surface area contributed by atoms with Gasteiger partial charge in [-0.2, -0.15) is 0 Å². The van der Waals surface area contributed by atoms with Gasteiger partial charge in [0.05, 0.1) is 0 Å². The van der Waals surface area contributed by atoms with E-state index >= 15 is 0 Å². The lowest BCUT2D eigenvalue weighted by Crippen LogP contribution is -2.53. The molecule has 0 radical (unpaired) electrons. The fourth-order valence-corrected chi connectivity index (χ4v) is 4.28. The molecule has 2 atom stereocenters. The second kappa shape index (κ2) is 13.3. The lowest BCUT2D eigenvalue weighted by atomic mass is 9.87. The van der Waals surface area contributed by atoms with Crippen LogP contribution in [-0.2, 0) is 28.0 Å². The molecule has 0 saturated carbocycles. The van der Waals surface area contributed by atoms with Crippen molar-refractivity contribution >= 4 is 11.8 Å². The number of carbonyl (C=O) groups is 2. The highest BCUT2D eigenvalue weighted by molar-refractivity contribution is 5.88. The summed E-state index contributed by atoms with van der Waals surface area (Å²) >= 11 is 0. The number of aryl methyl sites for hydroxylation is 1. The zero-order valence-electron chi connectivity index (χ0n) is 23.7. The molecule has 202 valence electrons. The molecule has 0 spiro atoms. The van der Waals surface area contributed by atoms with Crippen molar-refractivity contribution in [1.29, 1.82) is 0 Å². The summed E-state index contributed by atoms with van der Waals surface area (Å²) in [5, 5.41) is 3.10. The van der Waals surface area contributed by atoms with Crippen LogP contribution in [0.3, 0.4) is 0 Å². The van der Waals surface area contributed by atoms with E-state index in [1.54, 1.807) is 4.90 Å². The van der Waals surface area contributed by atoms with E-state index in [0.29, 0.717) is 18.7 Å². The van der Waals surface area contributed by atoms with E-state index in [9.17, 15) is 9.59 Å². The summed E-state index contributed by atoms with van der Waals surface area (Å²) in [5.74, 6) is 0.246. The van der Waals surface area contributed by atoms with Gasteiger partial charge in [-0.05, 0) is 54.5 Å². The maximum atomic E-state index is 13.7. The third-order valence-electron chi connectivity index (χ3n) is 6.79. The van der Waals surface area contributed by atoms with Gasteiger partial charge in [-0.15, -0.1) is 0 Å². The van der Waals surface area contributed by atoms with Crippen LogP contribution in [0.1, 0.15) is 63.3 Å². The molecule has 0 heterocycles. The van der Waals surface area contributed by atoms with Gasteiger partial charge in [0.1, 0.15) is 11.8 Å². The Morgan fingerprint density at radius 3 is 2.18 bits per heavy atom. The Morgan fingerprint density at radius 1 is 0.921 bits per heavy atom. The molecule has 5 nitrogen and oxygen atoms in total. The van der Waals surface area contributed by atoms with Gasteiger partial charge in [0, 0.05) is 19.0 Å². The van der Waals surface area contributed by atoms with Crippen LogP contribution in [0.15, 0.2) is 78.9 Å². The van der Waals surface area contributed by atoms with Crippen LogP contribution >= 0.6 is 0 Å². The molecule has 0 aliphatic rings. The van der Waals surface area contributed by atoms with Crippen LogP contribution in [0.5, 0.6) is 5.75 Å². The van der Waals surface area contributed by atoms with E-state index in [1.807, 2.05) is 93.6 Å². The fraction of sp³-hybridized carbons (Fsp3) is 0.394. The van der Waals surface area contributed by atoms with Gasteiger partial charge >= 0.3 is 0 Å². The van der Waals surface area contributed by atoms with Crippen LogP contribution in [0.2, 0.25) is 0 Å². The number of ether oxygens (including phenoxy) is 1. The molecule has 0 fully saturated rings. The molecule has 2 amide bonds. The van der Waals surface area contributed by atoms with E-state index in [1.165, 1.54) is 5.56 Å². The Balaban J connectivity index is 1.89. The first kappa shape index (κ1) is 29.0. The number of hydrogen-bond acceptors (Lipinski definition) is 3. The quantitative estimate of drug-likeness (QED) is 0.330. The molecule has 0 saturated heterocycles. The van der Waals surface area contributed by atoms with Crippen molar-refractivity contribution in [2.75, 3.05) is 6.61 Å². The van der Waals surface area contributed by atoms with E-state index in [2.05, 4.69) is 32.2 Å². The summed E-state index contributed by atoms with van der Waals surface area (Å²) in [6.45, 7) is 12.7. The molecule has 3 aromatic rings. The highest BCUT2D eigenvalue weighted by Crippen LogP contribution is 2.24. The minimum absolute atomic E-state index is 0.00859. The zero-order chi connectivity index (χ0) is 27.7. The summed E-state index contributed by atoms with van der Waals surface area (Å²) in [4.78, 5) is 29.0. The van der Waals surface area contributed by atoms with Gasteiger partial charge in [-0.3, -0.25) is 9.59 Å². The minimum Gasteiger partial charge on any atom is -0.484 e. The normalized spacial score (nSPS) is 12.9. The number of carbonyl (C=O) groups excluding carboxylic acids is 2. The molecule has 0 aliphatic heterocycles. The third kappa shape index (κ3) is 8.47. The molecular formula is C33H42N2O3. The van der Waals surface area contributed by atoms with Crippen molar-refractivity contribution in [3.63, 3.8) is 0 Å². The number of benzene rings is 3. The fourth-order valence-electron chi connectivity index (χ4n) is 4.28.